The van der Waals surface area contributed by atoms with Gasteiger partial charge < -0.3 is 10.9 Å². The van der Waals surface area contributed by atoms with Gasteiger partial charge in [-0.1, -0.05) is 5.16 Å². The molecule has 1 atom stereocenters. The van der Waals surface area contributed by atoms with Gasteiger partial charge in [0.15, 0.2) is 9.84 Å². The maximum atomic E-state index is 11.5. The lowest BCUT2D eigenvalue weighted by molar-refractivity contribution is 0.274. The molecular formula is C8H17N3O3S2. The fourth-order valence-electron chi connectivity index (χ4n) is 1.57. The molecule has 0 radical (unpaired) electrons. The summed E-state index contributed by atoms with van der Waals surface area (Å²) in [6.45, 7) is 1.23. The van der Waals surface area contributed by atoms with Crippen molar-refractivity contribution in [3.63, 3.8) is 0 Å². The average Bonchev–Trinajstić information content (AvgIpc) is 2.25. The summed E-state index contributed by atoms with van der Waals surface area (Å²) in [5, 5.41) is 10.8. The monoisotopic (exact) mass is 267 g/mol. The van der Waals surface area contributed by atoms with Gasteiger partial charge in [0, 0.05) is 37.3 Å². The molecule has 1 heterocycles. The number of nitrogens with zero attached hydrogens (tertiary/aromatic N) is 2. The van der Waals surface area contributed by atoms with Gasteiger partial charge >= 0.3 is 0 Å². The van der Waals surface area contributed by atoms with E-state index >= 15 is 0 Å². The van der Waals surface area contributed by atoms with Gasteiger partial charge in [-0.3, -0.25) is 4.90 Å². The standard InChI is InChI=1S/C8H17N3O3S2/c1-16(13,14)8-6-15-5-4-11(8)3-2-7(9)10-12/h8,12H,2-6H2,1H3,(H2,9,10). The molecule has 1 rings (SSSR count). The molecule has 8 heteroatoms. The van der Waals surface area contributed by atoms with Crippen LogP contribution in [0, 0.1) is 0 Å². The van der Waals surface area contributed by atoms with E-state index in [1.807, 2.05) is 4.90 Å². The van der Waals surface area contributed by atoms with Gasteiger partial charge in [0.05, 0.1) is 0 Å². The minimum absolute atomic E-state index is 0.130. The van der Waals surface area contributed by atoms with Gasteiger partial charge in [-0.25, -0.2) is 8.42 Å². The summed E-state index contributed by atoms with van der Waals surface area (Å²) in [6.07, 6.45) is 1.63. The Kier molecular flexibility index (Phi) is 4.88. The molecule has 1 aliphatic rings. The molecule has 0 spiro atoms. The van der Waals surface area contributed by atoms with E-state index in [2.05, 4.69) is 5.16 Å². The molecule has 0 amide bonds. The predicted molar refractivity (Wildman–Crippen MR) is 65.6 cm³/mol. The molecule has 1 aliphatic heterocycles. The Labute approximate surface area is 99.8 Å². The zero-order valence-electron chi connectivity index (χ0n) is 9.16. The third-order valence-corrected chi connectivity index (χ3v) is 5.16. The Hall–Kier alpha value is -0.470. The van der Waals surface area contributed by atoms with E-state index in [1.54, 1.807) is 11.8 Å². The number of rotatable bonds is 4. The highest BCUT2D eigenvalue weighted by atomic mass is 32.2. The number of thioether (sulfide) groups is 1. The Bertz CT molecular complexity index is 356. The van der Waals surface area contributed by atoms with Crippen molar-refractivity contribution in [2.75, 3.05) is 30.9 Å². The van der Waals surface area contributed by atoms with Gasteiger partial charge in [-0.2, -0.15) is 11.8 Å². The van der Waals surface area contributed by atoms with Gasteiger partial charge in [-0.05, 0) is 0 Å². The van der Waals surface area contributed by atoms with Gasteiger partial charge in [-0.15, -0.1) is 0 Å². The number of hydrogen-bond acceptors (Lipinski definition) is 6. The molecule has 0 saturated carbocycles. The normalized spacial score (nSPS) is 24.6. The highest BCUT2D eigenvalue weighted by Crippen LogP contribution is 2.20. The largest absolute Gasteiger partial charge is 0.409 e. The summed E-state index contributed by atoms with van der Waals surface area (Å²) in [4.78, 5) is 1.88. The highest BCUT2D eigenvalue weighted by Gasteiger charge is 2.30. The second-order valence-electron chi connectivity index (χ2n) is 3.74. The minimum Gasteiger partial charge on any atom is -0.409 e. The second kappa shape index (κ2) is 5.74. The zero-order valence-corrected chi connectivity index (χ0v) is 10.8. The van der Waals surface area contributed by atoms with Crippen molar-refractivity contribution in [2.24, 2.45) is 10.9 Å². The van der Waals surface area contributed by atoms with Crippen molar-refractivity contribution in [2.45, 2.75) is 11.8 Å². The van der Waals surface area contributed by atoms with Crippen molar-refractivity contribution >= 4 is 27.4 Å². The van der Waals surface area contributed by atoms with Crippen LogP contribution in [0.2, 0.25) is 0 Å². The molecule has 1 saturated heterocycles. The Morgan fingerprint density at radius 3 is 2.94 bits per heavy atom. The molecule has 0 bridgehead atoms. The van der Waals surface area contributed by atoms with E-state index in [9.17, 15) is 8.42 Å². The van der Waals surface area contributed by atoms with Crippen molar-refractivity contribution < 1.29 is 13.6 Å². The van der Waals surface area contributed by atoms with E-state index in [-0.39, 0.29) is 5.84 Å². The number of oxime groups is 1. The molecule has 3 N–H and O–H groups in total. The molecule has 1 fully saturated rings. The summed E-state index contributed by atoms with van der Waals surface area (Å²) in [7, 11) is -3.07. The molecule has 0 aromatic heterocycles. The maximum absolute atomic E-state index is 11.5. The SMILES string of the molecule is CS(=O)(=O)C1CSCCN1CCC(N)=NO. The Balaban J connectivity index is 2.61. The molecule has 6 nitrogen and oxygen atoms in total. The smallest absolute Gasteiger partial charge is 0.164 e. The first-order chi connectivity index (χ1) is 7.45. The number of hydrogen-bond donors (Lipinski definition) is 2. The molecule has 1 unspecified atom stereocenters. The summed E-state index contributed by atoms with van der Waals surface area (Å²) in [5.41, 5.74) is 5.36. The van der Waals surface area contributed by atoms with Gasteiger partial charge in [0.2, 0.25) is 0 Å². The quantitative estimate of drug-likeness (QED) is 0.310. The van der Waals surface area contributed by atoms with E-state index in [4.69, 9.17) is 10.9 Å². The van der Waals surface area contributed by atoms with Crippen LogP contribution in [0.4, 0.5) is 0 Å². The summed E-state index contributed by atoms with van der Waals surface area (Å²) in [5.74, 6) is 1.64. The van der Waals surface area contributed by atoms with Crippen molar-refractivity contribution in [1.82, 2.24) is 4.90 Å². The Morgan fingerprint density at radius 2 is 2.38 bits per heavy atom. The van der Waals surface area contributed by atoms with Crippen molar-refractivity contribution in [3.8, 4) is 0 Å². The Morgan fingerprint density at radius 1 is 1.69 bits per heavy atom. The van der Waals surface area contributed by atoms with Crippen LogP contribution in [0.3, 0.4) is 0 Å². The van der Waals surface area contributed by atoms with Crippen LogP contribution >= 0.6 is 11.8 Å². The fourth-order valence-corrected chi connectivity index (χ4v) is 4.55. The predicted octanol–water partition coefficient (Wildman–Crippen LogP) is -0.458. The lowest BCUT2D eigenvalue weighted by atomic mass is 10.3. The second-order valence-corrected chi connectivity index (χ2v) is 7.09. The molecular weight excluding hydrogens is 250 g/mol. The molecule has 94 valence electrons. The molecule has 0 aliphatic carbocycles. The van der Waals surface area contributed by atoms with Crippen molar-refractivity contribution in [3.05, 3.63) is 0 Å². The molecule has 0 aromatic carbocycles. The lowest BCUT2D eigenvalue weighted by Crippen LogP contribution is -2.47. The first-order valence-corrected chi connectivity index (χ1v) is 8.03. The first kappa shape index (κ1) is 13.6. The lowest BCUT2D eigenvalue weighted by Gasteiger charge is -2.33. The molecule has 0 aromatic rings. The fraction of sp³-hybridized carbons (Fsp3) is 0.875. The third-order valence-electron chi connectivity index (χ3n) is 2.47. The maximum Gasteiger partial charge on any atom is 0.164 e. The molecule has 16 heavy (non-hydrogen) atoms. The summed E-state index contributed by atoms with van der Waals surface area (Å²) in [6, 6.07) is 0. The van der Waals surface area contributed by atoms with E-state index in [1.165, 1.54) is 6.26 Å². The van der Waals surface area contributed by atoms with Crippen LogP contribution in [0.1, 0.15) is 6.42 Å². The van der Waals surface area contributed by atoms with E-state index < -0.39 is 15.2 Å². The van der Waals surface area contributed by atoms with Gasteiger partial charge in [0.1, 0.15) is 11.2 Å². The van der Waals surface area contributed by atoms with Crippen LogP contribution in [0.5, 0.6) is 0 Å². The van der Waals surface area contributed by atoms with Gasteiger partial charge in [0.25, 0.3) is 0 Å². The zero-order chi connectivity index (χ0) is 12.2. The summed E-state index contributed by atoms with van der Waals surface area (Å²) < 4.78 is 23.1. The van der Waals surface area contributed by atoms with Crippen LogP contribution in [-0.2, 0) is 9.84 Å². The van der Waals surface area contributed by atoms with Crippen LogP contribution in [-0.4, -0.2) is 60.6 Å². The number of sulfone groups is 1. The minimum atomic E-state index is -3.07. The third kappa shape index (κ3) is 3.84. The van der Waals surface area contributed by atoms with Crippen molar-refractivity contribution in [1.29, 1.82) is 0 Å². The van der Waals surface area contributed by atoms with Crippen LogP contribution in [0.25, 0.3) is 0 Å². The highest BCUT2D eigenvalue weighted by molar-refractivity contribution is 8.00. The van der Waals surface area contributed by atoms with Crippen LogP contribution < -0.4 is 5.73 Å². The summed E-state index contributed by atoms with van der Waals surface area (Å²) >= 11 is 1.64. The van der Waals surface area contributed by atoms with E-state index in [0.717, 1.165) is 12.3 Å². The van der Waals surface area contributed by atoms with Crippen LogP contribution in [0.15, 0.2) is 5.16 Å². The average molecular weight is 267 g/mol. The van der Waals surface area contributed by atoms with E-state index in [0.29, 0.717) is 18.7 Å². The topological polar surface area (TPSA) is 96.0 Å². The first-order valence-electron chi connectivity index (χ1n) is 4.92. The number of nitrogens with two attached hydrogens (primary N) is 1. The number of amidine groups is 1.